The fraction of sp³-hybridized carbons (Fsp3) is 0.389. The Bertz CT molecular complexity index is 730. The van der Waals surface area contributed by atoms with Crippen molar-refractivity contribution in [3.8, 4) is 0 Å². The second kappa shape index (κ2) is 7.18. The van der Waals surface area contributed by atoms with E-state index in [1.54, 1.807) is 18.3 Å². The van der Waals surface area contributed by atoms with Crippen LogP contribution >= 0.6 is 11.6 Å². The molecule has 2 N–H and O–H groups in total. The van der Waals surface area contributed by atoms with Crippen molar-refractivity contribution in [1.82, 2.24) is 9.97 Å². The maximum atomic E-state index is 12.6. The summed E-state index contributed by atoms with van der Waals surface area (Å²) in [7, 11) is 0. The normalized spacial score (nSPS) is 11.2. The molecule has 2 heterocycles. The fourth-order valence-corrected chi connectivity index (χ4v) is 2.53. The van der Waals surface area contributed by atoms with E-state index in [4.69, 9.17) is 11.6 Å². The number of hydrogen-bond donors (Lipinski definition) is 2. The van der Waals surface area contributed by atoms with Crippen LogP contribution < -0.4 is 10.6 Å². The highest BCUT2D eigenvalue weighted by Gasteiger charge is 2.20. The monoisotopic (exact) mass is 346 g/mol. The number of aryl methyl sites for hydroxylation is 1. The molecule has 0 bridgehead atoms. The van der Waals surface area contributed by atoms with Crippen LogP contribution in [0.2, 0.25) is 5.15 Å². The van der Waals surface area contributed by atoms with E-state index in [2.05, 4.69) is 41.4 Å². The second-order valence-electron chi connectivity index (χ2n) is 6.62. The molecule has 6 heteroatoms. The Balaban J connectivity index is 2.33. The molecule has 0 atom stereocenters. The number of nitrogens with zero attached hydrogens (tertiary/aromatic N) is 2. The van der Waals surface area contributed by atoms with E-state index in [1.165, 1.54) is 0 Å². The maximum absolute atomic E-state index is 12.6. The van der Waals surface area contributed by atoms with Gasteiger partial charge in [-0.2, -0.15) is 0 Å². The summed E-state index contributed by atoms with van der Waals surface area (Å²) in [6.45, 7) is 10.8. The number of nitrogens with one attached hydrogen (secondary N) is 2. The number of halogens is 1. The maximum Gasteiger partial charge on any atom is 0.259 e. The summed E-state index contributed by atoms with van der Waals surface area (Å²) in [5.41, 5.74) is 2.65. The highest BCUT2D eigenvalue weighted by Crippen LogP contribution is 2.30. The van der Waals surface area contributed by atoms with Crippen molar-refractivity contribution in [2.24, 2.45) is 0 Å². The lowest BCUT2D eigenvalue weighted by atomic mass is 9.91. The van der Waals surface area contributed by atoms with Gasteiger partial charge in [-0.15, -0.1) is 0 Å². The van der Waals surface area contributed by atoms with E-state index in [0.717, 1.165) is 11.3 Å². The Morgan fingerprint density at radius 3 is 2.62 bits per heavy atom. The summed E-state index contributed by atoms with van der Waals surface area (Å²) in [4.78, 5) is 21.3. The molecule has 1 amide bonds. The van der Waals surface area contributed by atoms with Crippen LogP contribution in [-0.4, -0.2) is 22.4 Å². The van der Waals surface area contributed by atoms with Crippen molar-refractivity contribution in [3.05, 3.63) is 46.4 Å². The lowest BCUT2D eigenvalue weighted by Gasteiger charge is -2.20. The van der Waals surface area contributed by atoms with Gasteiger partial charge in [-0.25, -0.2) is 9.97 Å². The van der Waals surface area contributed by atoms with Gasteiger partial charge in [-0.1, -0.05) is 32.4 Å². The third kappa shape index (κ3) is 4.03. The van der Waals surface area contributed by atoms with Gasteiger partial charge in [-0.3, -0.25) is 4.79 Å². The Hall–Kier alpha value is -2.14. The van der Waals surface area contributed by atoms with E-state index >= 15 is 0 Å². The number of aromatic nitrogens is 2. The standard InChI is InChI=1S/C18H23ClN4O/c1-6-20-16-12(8-7-9-21-16)17(24)23-14-11(2)10-13(18(3,4)5)22-15(14)19/h7-10H,6H2,1-5H3,(H,20,21)(H,23,24). The number of pyridine rings is 2. The summed E-state index contributed by atoms with van der Waals surface area (Å²) in [6.07, 6.45) is 1.65. The minimum atomic E-state index is -0.269. The molecule has 0 unspecified atom stereocenters. The molecule has 0 saturated carbocycles. The van der Waals surface area contributed by atoms with Crippen LogP contribution in [0.25, 0.3) is 0 Å². The van der Waals surface area contributed by atoms with Gasteiger partial charge in [0.1, 0.15) is 5.82 Å². The van der Waals surface area contributed by atoms with Gasteiger partial charge in [0.25, 0.3) is 5.91 Å². The minimum absolute atomic E-state index is 0.113. The molecule has 2 rings (SSSR count). The van der Waals surface area contributed by atoms with Crippen molar-refractivity contribution >= 4 is 29.0 Å². The van der Waals surface area contributed by atoms with Crippen molar-refractivity contribution in [3.63, 3.8) is 0 Å². The van der Waals surface area contributed by atoms with Crippen molar-refractivity contribution in [2.45, 2.75) is 40.0 Å². The summed E-state index contributed by atoms with van der Waals surface area (Å²) in [5, 5.41) is 6.23. The summed E-state index contributed by atoms with van der Waals surface area (Å²) in [5.74, 6) is 0.278. The number of carbonyl (C=O) groups excluding carboxylic acids is 1. The molecule has 0 fully saturated rings. The first-order valence-corrected chi connectivity index (χ1v) is 8.29. The van der Waals surface area contributed by atoms with Crippen LogP contribution in [0.4, 0.5) is 11.5 Å². The lowest BCUT2D eigenvalue weighted by Crippen LogP contribution is -2.19. The molecule has 128 valence electrons. The number of carbonyl (C=O) groups is 1. The highest BCUT2D eigenvalue weighted by atomic mass is 35.5. The molecule has 0 radical (unpaired) electrons. The molecule has 2 aromatic rings. The molecule has 5 nitrogen and oxygen atoms in total. The predicted octanol–water partition coefficient (Wildman–Crippen LogP) is 4.42. The van der Waals surface area contributed by atoms with Gasteiger partial charge in [-0.05, 0) is 37.6 Å². The minimum Gasteiger partial charge on any atom is -0.370 e. The molecule has 0 aliphatic carbocycles. The average Bonchev–Trinajstić information content (AvgIpc) is 2.50. The molecule has 24 heavy (non-hydrogen) atoms. The van der Waals surface area contributed by atoms with Crippen LogP contribution in [0.5, 0.6) is 0 Å². The van der Waals surface area contributed by atoms with Gasteiger partial charge in [0.2, 0.25) is 0 Å². The van der Waals surface area contributed by atoms with E-state index in [-0.39, 0.29) is 11.3 Å². The van der Waals surface area contributed by atoms with E-state index in [9.17, 15) is 4.79 Å². The van der Waals surface area contributed by atoms with Crippen LogP contribution in [0.15, 0.2) is 24.4 Å². The van der Waals surface area contributed by atoms with E-state index in [1.807, 2.05) is 19.9 Å². The zero-order chi connectivity index (χ0) is 17.9. The van der Waals surface area contributed by atoms with Crippen molar-refractivity contribution < 1.29 is 4.79 Å². The van der Waals surface area contributed by atoms with Crippen LogP contribution in [0, 0.1) is 6.92 Å². The molecule has 0 aliphatic heterocycles. The lowest BCUT2D eigenvalue weighted by molar-refractivity contribution is 0.102. The third-order valence-electron chi connectivity index (χ3n) is 3.58. The predicted molar refractivity (Wildman–Crippen MR) is 99.0 cm³/mol. The largest absolute Gasteiger partial charge is 0.370 e. The van der Waals surface area contributed by atoms with Crippen LogP contribution in [0.1, 0.15) is 49.3 Å². The van der Waals surface area contributed by atoms with Crippen molar-refractivity contribution in [2.75, 3.05) is 17.2 Å². The highest BCUT2D eigenvalue weighted by molar-refractivity contribution is 6.33. The molecule has 0 aliphatic rings. The number of rotatable bonds is 4. The quantitative estimate of drug-likeness (QED) is 0.804. The summed E-state index contributed by atoms with van der Waals surface area (Å²) < 4.78 is 0. The molecule has 0 aromatic carbocycles. The van der Waals surface area contributed by atoms with Gasteiger partial charge in [0, 0.05) is 23.9 Å². The van der Waals surface area contributed by atoms with Gasteiger partial charge >= 0.3 is 0 Å². The summed E-state index contributed by atoms with van der Waals surface area (Å²) in [6, 6.07) is 5.40. The Labute approximate surface area is 147 Å². The van der Waals surface area contributed by atoms with Gasteiger partial charge in [0.15, 0.2) is 5.15 Å². The molecular formula is C18H23ClN4O. The van der Waals surface area contributed by atoms with Crippen LogP contribution in [-0.2, 0) is 5.41 Å². The first-order valence-electron chi connectivity index (χ1n) is 7.92. The van der Waals surface area contributed by atoms with Gasteiger partial charge in [0.05, 0.1) is 11.3 Å². The zero-order valence-electron chi connectivity index (χ0n) is 14.7. The Kier molecular flexibility index (Phi) is 5.44. The third-order valence-corrected chi connectivity index (χ3v) is 3.85. The number of amides is 1. The van der Waals surface area contributed by atoms with E-state index < -0.39 is 0 Å². The Morgan fingerprint density at radius 2 is 2.04 bits per heavy atom. The number of hydrogen-bond acceptors (Lipinski definition) is 4. The summed E-state index contributed by atoms with van der Waals surface area (Å²) >= 11 is 6.32. The molecule has 0 saturated heterocycles. The van der Waals surface area contributed by atoms with Crippen LogP contribution in [0.3, 0.4) is 0 Å². The van der Waals surface area contributed by atoms with Crippen molar-refractivity contribution in [1.29, 1.82) is 0 Å². The SMILES string of the molecule is CCNc1ncccc1C(=O)Nc1c(C)cc(C(C)(C)C)nc1Cl. The fourth-order valence-electron chi connectivity index (χ4n) is 2.25. The first-order chi connectivity index (χ1) is 11.2. The number of anilines is 2. The van der Waals surface area contributed by atoms with E-state index in [0.29, 0.717) is 28.8 Å². The molecule has 2 aromatic heterocycles. The zero-order valence-corrected chi connectivity index (χ0v) is 15.5. The first kappa shape index (κ1) is 18.2. The average molecular weight is 347 g/mol. The smallest absolute Gasteiger partial charge is 0.259 e. The Morgan fingerprint density at radius 1 is 1.33 bits per heavy atom. The molecular weight excluding hydrogens is 324 g/mol. The second-order valence-corrected chi connectivity index (χ2v) is 6.98. The topological polar surface area (TPSA) is 66.9 Å². The van der Waals surface area contributed by atoms with Gasteiger partial charge < -0.3 is 10.6 Å². The molecule has 0 spiro atoms.